The maximum Gasteiger partial charge on any atom is 0.237 e. The Morgan fingerprint density at radius 3 is 3.06 bits per heavy atom. The van der Waals surface area contributed by atoms with Crippen LogP contribution in [0.15, 0.2) is 12.4 Å². The number of fused-ring (bicyclic) bond motifs is 1. The molecule has 1 aliphatic heterocycles. The summed E-state index contributed by atoms with van der Waals surface area (Å²) in [6, 6.07) is 0.556. The standard InChI is InChI=1S/C13H20N4O/c18-13(9-15-11-3-1-2-4-11)17-8-7-16-6-5-14-12(16)10-17/h5-6,11,15H,1-4,7-10H2. The van der Waals surface area contributed by atoms with Gasteiger partial charge in [-0.15, -0.1) is 0 Å². The highest BCUT2D eigenvalue weighted by Gasteiger charge is 2.22. The molecule has 0 unspecified atom stereocenters. The van der Waals surface area contributed by atoms with Crippen molar-refractivity contribution in [2.24, 2.45) is 0 Å². The largest absolute Gasteiger partial charge is 0.332 e. The van der Waals surface area contributed by atoms with E-state index in [1.54, 1.807) is 6.20 Å². The molecule has 0 radical (unpaired) electrons. The summed E-state index contributed by atoms with van der Waals surface area (Å²) in [5.74, 6) is 1.20. The number of hydrogen-bond donors (Lipinski definition) is 1. The van der Waals surface area contributed by atoms with E-state index in [-0.39, 0.29) is 5.91 Å². The number of nitrogens with one attached hydrogen (secondary N) is 1. The SMILES string of the molecule is O=C(CNC1CCCC1)N1CCn2ccnc2C1. The first-order valence-electron chi connectivity index (χ1n) is 6.84. The van der Waals surface area contributed by atoms with E-state index in [0.717, 1.165) is 18.9 Å². The van der Waals surface area contributed by atoms with Crippen molar-refractivity contribution in [1.29, 1.82) is 0 Å². The Labute approximate surface area is 107 Å². The molecule has 0 saturated heterocycles. The van der Waals surface area contributed by atoms with Gasteiger partial charge in [0.25, 0.3) is 0 Å². The van der Waals surface area contributed by atoms with Crippen LogP contribution in [0.25, 0.3) is 0 Å². The molecule has 1 aromatic rings. The Bertz CT molecular complexity index is 422. The van der Waals surface area contributed by atoms with Crippen LogP contribution in [0.5, 0.6) is 0 Å². The first kappa shape index (κ1) is 11.7. The van der Waals surface area contributed by atoms with Crippen molar-refractivity contribution in [3.8, 4) is 0 Å². The Morgan fingerprint density at radius 1 is 1.39 bits per heavy atom. The van der Waals surface area contributed by atoms with Crippen LogP contribution in [-0.4, -0.2) is 39.5 Å². The summed E-state index contributed by atoms with van der Waals surface area (Å²) in [6.45, 7) is 2.79. The predicted octanol–water partition coefficient (Wildman–Crippen LogP) is 0.757. The molecule has 2 heterocycles. The Kier molecular flexibility index (Phi) is 3.32. The number of amides is 1. The van der Waals surface area contributed by atoms with Crippen molar-refractivity contribution < 1.29 is 4.79 Å². The van der Waals surface area contributed by atoms with Gasteiger partial charge in [-0.1, -0.05) is 12.8 Å². The molecule has 98 valence electrons. The zero-order valence-electron chi connectivity index (χ0n) is 10.6. The molecular weight excluding hydrogens is 228 g/mol. The van der Waals surface area contributed by atoms with E-state index < -0.39 is 0 Å². The van der Waals surface area contributed by atoms with E-state index in [0.29, 0.717) is 19.1 Å². The van der Waals surface area contributed by atoms with Crippen LogP contribution in [0.4, 0.5) is 0 Å². The van der Waals surface area contributed by atoms with Crippen LogP contribution in [0, 0.1) is 0 Å². The highest BCUT2D eigenvalue weighted by Crippen LogP contribution is 2.17. The van der Waals surface area contributed by atoms with Crippen molar-refractivity contribution in [2.45, 2.75) is 44.8 Å². The summed E-state index contributed by atoms with van der Waals surface area (Å²) in [7, 11) is 0. The lowest BCUT2D eigenvalue weighted by atomic mass is 10.2. The molecule has 1 aliphatic carbocycles. The second kappa shape index (κ2) is 5.10. The van der Waals surface area contributed by atoms with E-state index in [4.69, 9.17) is 0 Å². The van der Waals surface area contributed by atoms with Gasteiger partial charge in [-0.3, -0.25) is 4.79 Å². The molecule has 1 N–H and O–H groups in total. The van der Waals surface area contributed by atoms with Gasteiger partial charge in [0.2, 0.25) is 5.91 Å². The van der Waals surface area contributed by atoms with Crippen LogP contribution in [-0.2, 0) is 17.9 Å². The van der Waals surface area contributed by atoms with Gasteiger partial charge in [0.05, 0.1) is 13.1 Å². The lowest BCUT2D eigenvalue weighted by Crippen LogP contribution is -2.44. The predicted molar refractivity (Wildman–Crippen MR) is 67.9 cm³/mol. The molecule has 5 nitrogen and oxygen atoms in total. The third-order valence-electron chi connectivity index (χ3n) is 3.99. The van der Waals surface area contributed by atoms with E-state index in [1.165, 1.54) is 25.7 Å². The number of hydrogen-bond acceptors (Lipinski definition) is 3. The first-order valence-corrected chi connectivity index (χ1v) is 6.84. The topological polar surface area (TPSA) is 50.2 Å². The molecule has 18 heavy (non-hydrogen) atoms. The lowest BCUT2D eigenvalue weighted by Gasteiger charge is -2.28. The zero-order valence-corrected chi connectivity index (χ0v) is 10.6. The van der Waals surface area contributed by atoms with Gasteiger partial charge in [0.15, 0.2) is 0 Å². The Balaban J connectivity index is 1.51. The Hall–Kier alpha value is -1.36. The van der Waals surface area contributed by atoms with Crippen LogP contribution in [0.1, 0.15) is 31.5 Å². The van der Waals surface area contributed by atoms with Crippen molar-refractivity contribution in [2.75, 3.05) is 13.1 Å². The molecule has 0 aromatic carbocycles. The van der Waals surface area contributed by atoms with Crippen LogP contribution in [0.2, 0.25) is 0 Å². The van der Waals surface area contributed by atoms with E-state index in [1.807, 2.05) is 11.1 Å². The van der Waals surface area contributed by atoms with E-state index in [9.17, 15) is 4.79 Å². The van der Waals surface area contributed by atoms with Gasteiger partial charge >= 0.3 is 0 Å². The Morgan fingerprint density at radius 2 is 2.22 bits per heavy atom. The van der Waals surface area contributed by atoms with Gasteiger partial charge in [0.1, 0.15) is 5.82 Å². The fraction of sp³-hybridized carbons (Fsp3) is 0.692. The summed E-state index contributed by atoms with van der Waals surface area (Å²) in [5, 5.41) is 3.38. The number of rotatable bonds is 3. The number of carbonyl (C=O) groups is 1. The third-order valence-corrected chi connectivity index (χ3v) is 3.99. The van der Waals surface area contributed by atoms with Gasteiger partial charge in [-0.25, -0.2) is 4.98 Å². The van der Waals surface area contributed by atoms with Crippen molar-refractivity contribution >= 4 is 5.91 Å². The number of aromatic nitrogens is 2. The summed E-state index contributed by atoms with van der Waals surface area (Å²) >= 11 is 0. The summed E-state index contributed by atoms with van der Waals surface area (Å²) < 4.78 is 2.12. The molecule has 0 bridgehead atoms. The maximum absolute atomic E-state index is 12.1. The zero-order chi connectivity index (χ0) is 12.4. The second-order valence-corrected chi connectivity index (χ2v) is 5.21. The highest BCUT2D eigenvalue weighted by atomic mass is 16.2. The quantitative estimate of drug-likeness (QED) is 0.859. The average molecular weight is 248 g/mol. The molecule has 1 saturated carbocycles. The van der Waals surface area contributed by atoms with Crippen molar-refractivity contribution in [3.63, 3.8) is 0 Å². The molecule has 5 heteroatoms. The molecular formula is C13H20N4O. The fourth-order valence-corrected chi connectivity index (χ4v) is 2.86. The van der Waals surface area contributed by atoms with Gasteiger partial charge in [-0.05, 0) is 12.8 Å². The maximum atomic E-state index is 12.1. The molecule has 0 atom stereocenters. The summed E-state index contributed by atoms with van der Waals surface area (Å²) in [5.41, 5.74) is 0. The molecule has 0 spiro atoms. The highest BCUT2D eigenvalue weighted by molar-refractivity contribution is 5.78. The first-order chi connectivity index (χ1) is 8.83. The van der Waals surface area contributed by atoms with Gasteiger partial charge < -0.3 is 14.8 Å². The average Bonchev–Trinajstić information content (AvgIpc) is 3.05. The third kappa shape index (κ3) is 2.41. The monoisotopic (exact) mass is 248 g/mol. The van der Waals surface area contributed by atoms with E-state index >= 15 is 0 Å². The number of imidazole rings is 1. The second-order valence-electron chi connectivity index (χ2n) is 5.21. The van der Waals surface area contributed by atoms with Crippen LogP contribution >= 0.6 is 0 Å². The normalized spacial score (nSPS) is 20.1. The molecule has 1 aromatic heterocycles. The number of carbonyl (C=O) groups excluding carboxylic acids is 1. The van der Waals surface area contributed by atoms with Crippen LogP contribution < -0.4 is 5.32 Å². The lowest BCUT2D eigenvalue weighted by molar-refractivity contribution is -0.131. The molecule has 3 rings (SSSR count). The smallest absolute Gasteiger partial charge is 0.237 e. The van der Waals surface area contributed by atoms with Crippen molar-refractivity contribution in [1.82, 2.24) is 19.8 Å². The minimum Gasteiger partial charge on any atom is -0.332 e. The fourth-order valence-electron chi connectivity index (χ4n) is 2.86. The summed E-state index contributed by atoms with van der Waals surface area (Å²) in [6.07, 6.45) is 8.82. The number of nitrogens with zero attached hydrogens (tertiary/aromatic N) is 3. The van der Waals surface area contributed by atoms with Crippen LogP contribution in [0.3, 0.4) is 0 Å². The molecule has 1 amide bonds. The molecule has 2 aliphatic rings. The minimum absolute atomic E-state index is 0.205. The van der Waals surface area contributed by atoms with Gasteiger partial charge in [-0.2, -0.15) is 0 Å². The summed E-state index contributed by atoms with van der Waals surface area (Å²) in [4.78, 5) is 18.3. The molecule has 1 fully saturated rings. The van der Waals surface area contributed by atoms with E-state index in [2.05, 4.69) is 14.9 Å². The minimum atomic E-state index is 0.205. The van der Waals surface area contributed by atoms with Gasteiger partial charge in [0, 0.05) is 31.5 Å². The van der Waals surface area contributed by atoms with Crippen molar-refractivity contribution in [3.05, 3.63) is 18.2 Å².